The lowest BCUT2D eigenvalue weighted by atomic mass is 9.95. The highest BCUT2D eigenvalue weighted by Gasteiger charge is 2.30. The predicted octanol–water partition coefficient (Wildman–Crippen LogP) is 3.80. The molecule has 0 saturated carbocycles. The Balaban J connectivity index is 1.89. The van der Waals surface area contributed by atoms with Crippen LogP contribution in [0.1, 0.15) is 54.7 Å². The minimum atomic E-state index is -0.253. The standard InChI is InChI=1S/C18H22FN3O/c1-2-11-22-17(9-10-20-22)18(23)21-12-4-3-8-16(21)14-6-5-7-15(19)13-14/h5-7,9-10,13,16H,2-4,8,11-12H2,1H3/t16-/m1/s1. The van der Waals surface area contributed by atoms with E-state index in [0.717, 1.165) is 37.8 Å². The monoisotopic (exact) mass is 315 g/mol. The molecule has 0 N–H and O–H groups in total. The molecule has 1 aromatic carbocycles. The van der Waals surface area contributed by atoms with Gasteiger partial charge in [0, 0.05) is 19.3 Å². The van der Waals surface area contributed by atoms with Gasteiger partial charge in [-0.2, -0.15) is 5.10 Å². The molecule has 1 aliphatic heterocycles. The molecule has 0 aliphatic carbocycles. The third-order valence-corrected chi connectivity index (χ3v) is 4.37. The summed E-state index contributed by atoms with van der Waals surface area (Å²) in [5.74, 6) is -0.263. The Morgan fingerprint density at radius 1 is 1.35 bits per heavy atom. The first-order valence-electron chi connectivity index (χ1n) is 8.29. The molecular weight excluding hydrogens is 293 g/mol. The molecule has 1 amide bonds. The Kier molecular flexibility index (Phi) is 4.74. The molecule has 1 atom stereocenters. The summed E-state index contributed by atoms with van der Waals surface area (Å²) in [4.78, 5) is 14.9. The van der Waals surface area contributed by atoms with Gasteiger partial charge in [0.1, 0.15) is 11.5 Å². The number of hydrogen-bond acceptors (Lipinski definition) is 2. The number of aromatic nitrogens is 2. The quantitative estimate of drug-likeness (QED) is 0.860. The highest BCUT2D eigenvalue weighted by Crippen LogP contribution is 2.32. The molecule has 0 radical (unpaired) electrons. The molecule has 1 aromatic heterocycles. The van der Waals surface area contributed by atoms with Gasteiger partial charge in [0.25, 0.3) is 5.91 Å². The van der Waals surface area contributed by atoms with Crippen molar-refractivity contribution in [3.8, 4) is 0 Å². The van der Waals surface area contributed by atoms with Crippen LogP contribution in [0, 0.1) is 5.82 Å². The van der Waals surface area contributed by atoms with E-state index in [9.17, 15) is 9.18 Å². The van der Waals surface area contributed by atoms with E-state index in [-0.39, 0.29) is 17.8 Å². The summed E-state index contributed by atoms with van der Waals surface area (Å²) in [5.41, 5.74) is 1.50. The molecule has 1 fully saturated rings. The topological polar surface area (TPSA) is 38.1 Å². The number of carbonyl (C=O) groups excluding carboxylic acids is 1. The van der Waals surface area contributed by atoms with Gasteiger partial charge in [-0.1, -0.05) is 19.1 Å². The van der Waals surface area contributed by atoms with Gasteiger partial charge < -0.3 is 4.90 Å². The van der Waals surface area contributed by atoms with Gasteiger partial charge in [-0.15, -0.1) is 0 Å². The molecule has 2 aromatic rings. The van der Waals surface area contributed by atoms with E-state index in [0.29, 0.717) is 12.2 Å². The predicted molar refractivity (Wildman–Crippen MR) is 86.5 cm³/mol. The zero-order valence-corrected chi connectivity index (χ0v) is 13.4. The number of hydrogen-bond donors (Lipinski definition) is 0. The van der Waals surface area contributed by atoms with Crippen molar-refractivity contribution in [3.63, 3.8) is 0 Å². The van der Waals surface area contributed by atoms with Crippen LogP contribution in [-0.4, -0.2) is 27.1 Å². The van der Waals surface area contributed by atoms with E-state index >= 15 is 0 Å². The molecule has 23 heavy (non-hydrogen) atoms. The zero-order valence-electron chi connectivity index (χ0n) is 13.4. The van der Waals surface area contributed by atoms with Gasteiger partial charge >= 0.3 is 0 Å². The molecule has 3 rings (SSSR count). The fourth-order valence-electron chi connectivity index (χ4n) is 3.29. The van der Waals surface area contributed by atoms with Crippen LogP contribution in [0.5, 0.6) is 0 Å². The number of amides is 1. The van der Waals surface area contributed by atoms with E-state index in [1.807, 2.05) is 11.0 Å². The third kappa shape index (κ3) is 3.28. The summed E-state index contributed by atoms with van der Waals surface area (Å²) in [7, 11) is 0. The Morgan fingerprint density at radius 3 is 3.00 bits per heavy atom. The van der Waals surface area contributed by atoms with E-state index in [1.54, 1.807) is 29.1 Å². The van der Waals surface area contributed by atoms with Gasteiger partial charge in [-0.3, -0.25) is 9.48 Å². The number of aryl methyl sites for hydroxylation is 1. The highest BCUT2D eigenvalue weighted by molar-refractivity contribution is 5.92. The summed E-state index contributed by atoms with van der Waals surface area (Å²) in [6, 6.07) is 8.31. The molecule has 0 bridgehead atoms. The largest absolute Gasteiger partial charge is 0.330 e. The summed E-state index contributed by atoms with van der Waals surface area (Å²) in [5, 5.41) is 4.24. The maximum absolute atomic E-state index is 13.6. The summed E-state index contributed by atoms with van der Waals surface area (Å²) in [6.07, 6.45) is 5.51. The first kappa shape index (κ1) is 15.7. The van der Waals surface area contributed by atoms with E-state index in [2.05, 4.69) is 12.0 Å². The first-order chi connectivity index (χ1) is 11.2. The van der Waals surface area contributed by atoms with Gasteiger partial charge in [0.15, 0.2) is 0 Å². The molecule has 2 heterocycles. The second kappa shape index (κ2) is 6.94. The van der Waals surface area contributed by atoms with Crippen LogP contribution in [0.25, 0.3) is 0 Å². The van der Waals surface area contributed by atoms with Gasteiger partial charge in [-0.05, 0) is 49.4 Å². The van der Waals surface area contributed by atoms with E-state index < -0.39 is 0 Å². The van der Waals surface area contributed by atoms with Crippen LogP contribution in [-0.2, 0) is 6.54 Å². The smallest absolute Gasteiger partial charge is 0.272 e. The zero-order chi connectivity index (χ0) is 16.2. The molecule has 0 spiro atoms. The highest BCUT2D eigenvalue weighted by atomic mass is 19.1. The van der Waals surface area contributed by atoms with Crippen LogP contribution in [0.3, 0.4) is 0 Å². The second-order valence-corrected chi connectivity index (χ2v) is 6.00. The molecule has 0 unspecified atom stereocenters. The normalized spacial score (nSPS) is 18.2. The molecule has 1 aliphatic rings. The van der Waals surface area contributed by atoms with Gasteiger partial charge in [0.2, 0.25) is 0 Å². The van der Waals surface area contributed by atoms with Crippen molar-refractivity contribution >= 4 is 5.91 Å². The molecule has 122 valence electrons. The average Bonchev–Trinajstić information content (AvgIpc) is 3.03. The van der Waals surface area contributed by atoms with E-state index in [4.69, 9.17) is 0 Å². The summed E-state index contributed by atoms with van der Waals surface area (Å²) in [6.45, 7) is 3.50. The molecular formula is C18H22FN3O. The minimum Gasteiger partial charge on any atom is -0.330 e. The lowest BCUT2D eigenvalue weighted by molar-refractivity contribution is 0.0598. The second-order valence-electron chi connectivity index (χ2n) is 6.00. The van der Waals surface area contributed by atoms with Crippen molar-refractivity contribution in [2.75, 3.05) is 6.54 Å². The third-order valence-electron chi connectivity index (χ3n) is 4.37. The number of halogens is 1. The van der Waals surface area contributed by atoms with Crippen molar-refractivity contribution in [1.29, 1.82) is 0 Å². The van der Waals surface area contributed by atoms with Gasteiger partial charge in [0.05, 0.1) is 6.04 Å². The number of carbonyl (C=O) groups is 1. The number of benzene rings is 1. The average molecular weight is 315 g/mol. The lowest BCUT2D eigenvalue weighted by Crippen LogP contribution is -2.39. The van der Waals surface area contributed by atoms with Gasteiger partial charge in [-0.25, -0.2) is 4.39 Å². The molecule has 4 nitrogen and oxygen atoms in total. The minimum absolute atomic E-state index is 0.00934. The van der Waals surface area contributed by atoms with Crippen LogP contribution in [0.4, 0.5) is 4.39 Å². The number of nitrogens with zero attached hydrogens (tertiary/aromatic N) is 3. The lowest BCUT2D eigenvalue weighted by Gasteiger charge is -2.36. The Hall–Kier alpha value is -2.17. The van der Waals surface area contributed by atoms with Crippen LogP contribution in [0.2, 0.25) is 0 Å². The van der Waals surface area contributed by atoms with Crippen LogP contribution < -0.4 is 0 Å². The van der Waals surface area contributed by atoms with E-state index in [1.165, 1.54) is 6.07 Å². The number of piperidine rings is 1. The molecule has 5 heteroatoms. The van der Waals surface area contributed by atoms with Crippen LogP contribution in [0.15, 0.2) is 36.5 Å². The number of likely N-dealkylation sites (tertiary alicyclic amines) is 1. The maximum Gasteiger partial charge on any atom is 0.272 e. The Morgan fingerprint density at radius 2 is 2.22 bits per heavy atom. The Bertz CT molecular complexity index is 682. The first-order valence-corrected chi connectivity index (χ1v) is 8.29. The summed E-state index contributed by atoms with van der Waals surface area (Å²) < 4.78 is 15.3. The van der Waals surface area contributed by atoms with Crippen molar-refractivity contribution in [2.45, 2.75) is 45.2 Å². The van der Waals surface area contributed by atoms with Crippen molar-refractivity contribution in [2.24, 2.45) is 0 Å². The van der Waals surface area contributed by atoms with Crippen molar-refractivity contribution < 1.29 is 9.18 Å². The maximum atomic E-state index is 13.6. The van der Waals surface area contributed by atoms with Crippen LogP contribution >= 0.6 is 0 Å². The summed E-state index contributed by atoms with van der Waals surface area (Å²) >= 11 is 0. The Labute approximate surface area is 135 Å². The number of rotatable bonds is 4. The molecule has 1 saturated heterocycles. The van der Waals surface area contributed by atoms with Crippen molar-refractivity contribution in [3.05, 3.63) is 53.6 Å². The SMILES string of the molecule is CCCn1nccc1C(=O)N1CCCC[C@@H]1c1cccc(F)c1. The van der Waals surface area contributed by atoms with Crippen molar-refractivity contribution in [1.82, 2.24) is 14.7 Å². The fraction of sp³-hybridized carbons (Fsp3) is 0.444. The fourth-order valence-corrected chi connectivity index (χ4v) is 3.29.